The average Bonchev–Trinajstić information content (AvgIpc) is 3.42. The van der Waals surface area contributed by atoms with Gasteiger partial charge in [-0.05, 0) is 48.0 Å². The van der Waals surface area contributed by atoms with Crippen LogP contribution in [-0.4, -0.2) is 18.1 Å². The molecule has 0 radical (unpaired) electrons. The number of carbonyl (C=O) groups is 2. The molecule has 0 aliphatic rings. The summed E-state index contributed by atoms with van der Waals surface area (Å²) < 4.78 is 11.9. The van der Waals surface area contributed by atoms with E-state index in [0.29, 0.717) is 26.8 Å². The van der Waals surface area contributed by atoms with Crippen LogP contribution in [-0.2, 0) is 0 Å². The molecule has 0 spiro atoms. The Morgan fingerprint density at radius 3 is 2.55 bits per heavy atom. The Hall–Kier alpha value is -3.94. The van der Waals surface area contributed by atoms with E-state index in [0.717, 1.165) is 15.5 Å². The normalized spacial score (nSPS) is 11.3. The van der Waals surface area contributed by atoms with Crippen molar-refractivity contribution >= 4 is 62.1 Å². The molecular weight excluding hydrogens is 460 g/mol. The molecule has 0 bridgehead atoms. The maximum absolute atomic E-state index is 12.6. The lowest BCUT2D eigenvalue weighted by Gasteiger charge is -2.03. The molecular formula is C25H15ClN2O4S. The van der Waals surface area contributed by atoms with E-state index >= 15 is 0 Å². The van der Waals surface area contributed by atoms with Crippen molar-refractivity contribution in [1.29, 1.82) is 0 Å². The van der Waals surface area contributed by atoms with E-state index < -0.39 is 11.9 Å². The fourth-order valence-electron chi connectivity index (χ4n) is 3.23. The van der Waals surface area contributed by atoms with Gasteiger partial charge in [0.2, 0.25) is 0 Å². The molecule has 0 atom stereocenters. The van der Waals surface area contributed by atoms with E-state index in [2.05, 4.69) is 10.5 Å². The largest absolute Gasteiger partial charge is 0.451 e. The molecule has 0 saturated carbocycles. The summed E-state index contributed by atoms with van der Waals surface area (Å²) in [6.07, 6.45) is 1.48. The molecule has 1 amide bonds. The number of para-hydroxylation sites is 1. The Morgan fingerprint density at radius 2 is 1.76 bits per heavy atom. The number of fused-ring (bicyclic) bond motifs is 2. The van der Waals surface area contributed by atoms with E-state index in [1.54, 1.807) is 36.4 Å². The number of rotatable bonds is 5. The summed E-state index contributed by atoms with van der Waals surface area (Å²) >= 11 is 7.64. The Balaban J connectivity index is 1.21. The number of carbonyl (C=O) groups excluding carboxylic acids is 2. The van der Waals surface area contributed by atoms with Crippen molar-refractivity contribution in [3.8, 4) is 5.75 Å². The minimum Gasteiger partial charge on any atom is -0.451 e. The zero-order valence-electron chi connectivity index (χ0n) is 16.9. The third-order valence-corrected chi connectivity index (χ3v) is 6.50. The van der Waals surface area contributed by atoms with Gasteiger partial charge in [0.25, 0.3) is 0 Å². The highest BCUT2D eigenvalue weighted by atomic mass is 35.5. The predicted molar refractivity (Wildman–Crippen MR) is 130 cm³/mol. The molecule has 2 aromatic heterocycles. The summed E-state index contributed by atoms with van der Waals surface area (Å²) in [5, 5.41) is 6.01. The van der Waals surface area contributed by atoms with Gasteiger partial charge < -0.3 is 9.15 Å². The Labute approximate surface area is 197 Å². The standard InChI is InChI=1S/C25H15ClN2O4S/c26-22-18-6-2-4-8-21(18)33-23(22)25(30)31-17-11-9-15(10-12-17)14-27-28-24(29)20-13-16-5-1-3-7-19(16)32-20/h1-14H,(H,28,29)/b27-14+. The number of nitrogens with zero attached hydrogens (tertiary/aromatic N) is 1. The summed E-state index contributed by atoms with van der Waals surface area (Å²) in [6.45, 7) is 0. The van der Waals surface area contributed by atoms with Gasteiger partial charge in [0.05, 0.1) is 11.2 Å². The van der Waals surface area contributed by atoms with Crippen LogP contribution in [0.1, 0.15) is 25.8 Å². The van der Waals surface area contributed by atoms with Crippen LogP contribution in [0.15, 0.2) is 88.4 Å². The number of benzene rings is 3. The number of halogens is 1. The molecule has 33 heavy (non-hydrogen) atoms. The fraction of sp³-hybridized carbons (Fsp3) is 0. The second kappa shape index (κ2) is 8.90. The van der Waals surface area contributed by atoms with Gasteiger partial charge in [0.1, 0.15) is 16.2 Å². The van der Waals surface area contributed by atoms with Crippen molar-refractivity contribution in [2.24, 2.45) is 5.10 Å². The highest BCUT2D eigenvalue weighted by molar-refractivity contribution is 7.21. The number of hydrogen-bond donors (Lipinski definition) is 1. The fourth-order valence-corrected chi connectivity index (χ4v) is 4.62. The van der Waals surface area contributed by atoms with Crippen molar-refractivity contribution in [2.45, 2.75) is 0 Å². The highest BCUT2D eigenvalue weighted by Crippen LogP contribution is 2.35. The lowest BCUT2D eigenvalue weighted by molar-refractivity contribution is 0.0739. The maximum atomic E-state index is 12.6. The van der Waals surface area contributed by atoms with Gasteiger partial charge in [0.15, 0.2) is 5.76 Å². The molecule has 5 rings (SSSR count). The lowest BCUT2D eigenvalue weighted by Crippen LogP contribution is -2.16. The molecule has 1 N–H and O–H groups in total. The first-order valence-electron chi connectivity index (χ1n) is 9.90. The van der Waals surface area contributed by atoms with Crippen LogP contribution in [0.5, 0.6) is 5.75 Å². The minimum atomic E-state index is -0.513. The summed E-state index contributed by atoms with van der Waals surface area (Å²) in [6, 6.07) is 23.3. The van der Waals surface area contributed by atoms with Gasteiger partial charge >= 0.3 is 11.9 Å². The monoisotopic (exact) mass is 474 g/mol. The van der Waals surface area contributed by atoms with Crippen LogP contribution in [0.3, 0.4) is 0 Å². The summed E-state index contributed by atoms with van der Waals surface area (Å²) in [5.41, 5.74) is 3.77. The Bertz CT molecular complexity index is 1490. The van der Waals surface area contributed by atoms with Gasteiger partial charge in [-0.25, -0.2) is 10.2 Å². The summed E-state index contributed by atoms with van der Waals surface area (Å²) in [4.78, 5) is 25.1. The van der Waals surface area contributed by atoms with Crippen LogP contribution in [0.4, 0.5) is 0 Å². The van der Waals surface area contributed by atoms with E-state index in [1.807, 2.05) is 42.5 Å². The second-order valence-corrected chi connectivity index (χ2v) is 8.48. The zero-order chi connectivity index (χ0) is 22.8. The number of esters is 1. The summed E-state index contributed by atoms with van der Waals surface area (Å²) in [7, 11) is 0. The quantitative estimate of drug-likeness (QED) is 0.140. The van der Waals surface area contributed by atoms with Crippen molar-refractivity contribution in [3.05, 3.63) is 100 Å². The number of ether oxygens (including phenoxy) is 1. The number of amides is 1. The molecule has 6 nitrogen and oxygen atoms in total. The van der Waals surface area contributed by atoms with Crippen molar-refractivity contribution in [2.75, 3.05) is 0 Å². The van der Waals surface area contributed by atoms with Gasteiger partial charge in [-0.2, -0.15) is 5.10 Å². The summed E-state index contributed by atoms with van der Waals surface area (Å²) in [5.74, 6) is -0.415. The zero-order valence-corrected chi connectivity index (χ0v) is 18.5. The first kappa shape index (κ1) is 20.9. The molecule has 0 aliphatic carbocycles. The third kappa shape index (κ3) is 4.37. The van der Waals surface area contributed by atoms with Gasteiger partial charge in [0, 0.05) is 15.5 Å². The SMILES string of the molecule is O=C(N/N=C/c1ccc(OC(=O)c2sc3ccccc3c2Cl)cc1)c1cc2ccccc2o1. The third-order valence-electron chi connectivity index (χ3n) is 4.84. The number of thiophene rings is 1. The van der Waals surface area contributed by atoms with Gasteiger partial charge in [-0.1, -0.05) is 48.0 Å². The number of hydrazone groups is 1. The van der Waals surface area contributed by atoms with E-state index in [9.17, 15) is 9.59 Å². The van der Waals surface area contributed by atoms with E-state index in [1.165, 1.54) is 17.6 Å². The van der Waals surface area contributed by atoms with Crippen LogP contribution >= 0.6 is 22.9 Å². The molecule has 3 aromatic carbocycles. The van der Waals surface area contributed by atoms with Gasteiger partial charge in [-0.3, -0.25) is 4.79 Å². The molecule has 0 fully saturated rings. The molecule has 8 heteroatoms. The topological polar surface area (TPSA) is 80.9 Å². The molecule has 2 heterocycles. The van der Waals surface area contributed by atoms with Crippen LogP contribution in [0.2, 0.25) is 5.02 Å². The van der Waals surface area contributed by atoms with E-state index in [-0.39, 0.29) is 5.76 Å². The minimum absolute atomic E-state index is 0.176. The second-order valence-electron chi connectivity index (χ2n) is 7.05. The molecule has 0 saturated heterocycles. The Kier molecular flexibility index (Phi) is 5.64. The smallest absolute Gasteiger partial charge is 0.355 e. The highest BCUT2D eigenvalue weighted by Gasteiger charge is 2.19. The van der Waals surface area contributed by atoms with Crippen LogP contribution in [0, 0.1) is 0 Å². The van der Waals surface area contributed by atoms with Crippen molar-refractivity contribution < 1.29 is 18.7 Å². The Morgan fingerprint density at radius 1 is 1.00 bits per heavy atom. The molecule has 0 aliphatic heterocycles. The van der Waals surface area contributed by atoms with Crippen molar-refractivity contribution in [3.63, 3.8) is 0 Å². The lowest BCUT2D eigenvalue weighted by atomic mass is 10.2. The first-order chi connectivity index (χ1) is 16.1. The van der Waals surface area contributed by atoms with E-state index in [4.69, 9.17) is 20.8 Å². The molecule has 0 unspecified atom stereocenters. The molecule has 5 aromatic rings. The number of furan rings is 1. The first-order valence-corrected chi connectivity index (χ1v) is 11.1. The van der Waals surface area contributed by atoms with Crippen LogP contribution in [0.25, 0.3) is 21.1 Å². The number of nitrogens with one attached hydrogen (secondary N) is 1. The van der Waals surface area contributed by atoms with Crippen LogP contribution < -0.4 is 10.2 Å². The average molecular weight is 475 g/mol. The number of hydrogen-bond acceptors (Lipinski definition) is 6. The molecule has 162 valence electrons. The van der Waals surface area contributed by atoms with Gasteiger partial charge in [-0.15, -0.1) is 11.3 Å². The van der Waals surface area contributed by atoms with Crippen molar-refractivity contribution in [1.82, 2.24) is 5.43 Å². The predicted octanol–water partition coefficient (Wildman–Crippen LogP) is 6.28. The maximum Gasteiger partial charge on any atom is 0.355 e.